The lowest BCUT2D eigenvalue weighted by Gasteiger charge is -2.20. The Hall–Kier alpha value is -3.00. The second kappa shape index (κ2) is 8.79. The molecular formula is C20H21BrN4O3. The molecule has 0 unspecified atom stereocenters. The fourth-order valence-corrected chi connectivity index (χ4v) is 3.19. The van der Waals surface area contributed by atoms with E-state index in [1.807, 2.05) is 49.4 Å². The van der Waals surface area contributed by atoms with Gasteiger partial charge in [0, 0.05) is 11.3 Å². The summed E-state index contributed by atoms with van der Waals surface area (Å²) in [6, 6.07) is 13.2. The van der Waals surface area contributed by atoms with Gasteiger partial charge in [0.1, 0.15) is 5.69 Å². The minimum absolute atomic E-state index is 0.360. The number of anilines is 1. The van der Waals surface area contributed by atoms with Crippen LogP contribution in [0.5, 0.6) is 11.5 Å². The van der Waals surface area contributed by atoms with Gasteiger partial charge in [0.05, 0.1) is 30.9 Å². The third-order valence-electron chi connectivity index (χ3n) is 4.21. The number of aromatic nitrogens is 2. The van der Waals surface area contributed by atoms with Gasteiger partial charge in [0.15, 0.2) is 11.5 Å². The first-order valence-electron chi connectivity index (χ1n) is 8.56. The molecule has 0 fully saturated rings. The van der Waals surface area contributed by atoms with Crippen molar-refractivity contribution in [2.24, 2.45) is 0 Å². The molecule has 1 amide bonds. The highest BCUT2D eigenvalue weighted by Gasteiger charge is 2.12. The number of nitrogens with one attached hydrogen (secondary N) is 2. The molecule has 3 aromatic rings. The number of hydrogen-bond acceptors (Lipinski definition) is 5. The molecule has 0 aliphatic heterocycles. The molecule has 2 aromatic carbocycles. The summed E-state index contributed by atoms with van der Waals surface area (Å²) in [6.45, 7) is 2.30. The molecule has 1 heterocycles. The lowest BCUT2D eigenvalue weighted by atomic mass is 10.1. The fraction of sp³-hybridized carbons (Fsp3) is 0.200. The molecule has 0 atom stereocenters. The summed E-state index contributed by atoms with van der Waals surface area (Å²) >= 11 is 3.54. The third kappa shape index (κ3) is 4.28. The number of halogens is 1. The maximum atomic E-state index is 11.6. The SMILES string of the molecule is COc1ccc(CN(C=O)Nc2cccc(-c3n[nH]c(C)c3Br)c2)cc1OC. The van der Waals surface area contributed by atoms with Gasteiger partial charge in [-0.05, 0) is 52.7 Å². The van der Waals surface area contributed by atoms with Crippen LogP contribution in [0, 0.1) is 6.92 Å². The predicted molar refractivity (Wildman–Crippen MR) is 111 cm³/mol. The highest BCUT2D eigenvalue weighted by molar-refractivity contribution is 9.10. The highest BCUT2D eigenvalue weighted by atomic mass is 79.9. The Labute approximate surface area is 171 Å². The van der Waals surface area contributed by atoms with Crippen LogP contribution in [-0.4, -0.2) is 35.8 Å². The molecule has 0 saturated carbocycles. The Balaban J connectivity index is 1.77. The summed E-state index contributed by atoms with van der Waals surface area (Å²) in [7, 11) is 3.17. The van der Waals surface area contributed by atoms with E-state index in [0.717, 1.165) is 39.1 Å². The maximum Gasteiger partial charge on any atom is 0.228 e. The summed E-state index contributed by atoms with van der Waals surface area (Å²) in [5.74, 6) is 1.26. The van der Waals surface area contributed by atoms with Crippen molar-refractivity contribution in [2.45, 2.75) is 13.5 Å². The Morgan fingerprint density at radius 3 is 2.61 bits per heavy atom. The Morgan fingerprint density at radius 1 is 1.18 bits per heavy atom. The van der Waals surface area contributed by atoms with Crippen molar-refractivity contribution in [1.82, 2.24) is 15.2 Å². The number of carbonyl (C=O) groups is 1. The number of amides is 1. The van der Waals surface area contributed by atoms with E-state index in [4.69, 9.17) is 9.47 Å². The zero-order valence-corrected chi connectivity index (χ0v) is 17.4. The molecule has 0 aliphatic carbocycles. The zero-order valence-electron chi connectivity index (χ0n) is 15.8. The molecule has 146 valence electrons. The topological polar surface area (TPSA) is 79.5 Å². The molecule has 0 spiro atoms. The van der Waals surface area contributed by atoms with Crippen molar-refractivity contribution in [3.63, 3.8) is 0 Å². The van der Waals surface area contributed by atoms with E-state index in [9.17, 15) is 4.79 Å². The number of benzene rings is 2. The van der Waals surface area contributed by atoms with Crippen LogP contribution in [0.3, 0.4) is 0 Å². The van der Waals surface area contributed by atoms with Gasteiger partial charge in [-0.3, -0.25) is 20.3 Å². The number of carbonyl (C=O) groups excluding carboxylic acids is 1. The molecule has 1 aromatic heterocycles. The molecule has 7 nitrogen and oxygen atoms in total. The molecule has 0 bridgehead atoms. The van der Waals surface area contributed by atoms with Crippen LogP contribution in [-0.2, 0) is 11.3 Å². The number of hydrogen-bond donors (Lipinski definition) is 2. The Morgan fingerprint density at radius 2 is 1.96 bits per heavy atom. The first-order chi connectivity index (χ1) is 13.5. The number of nitrogens with zero attached hydrogens (tertiary/aromatic N) is 2. The maximum absolute atomic E-state index is 11.6. The van der Waals surface area contributed by atoms with Crippen LogP contribution < -0.4 is 14.9 Å². The van der Waals surface area contributed by atoms with Crippen molar-refractivity contribution in [3.05, 3.63) is 58.2 Å². The van der Waals surface area contributed by atoms with E-state index in [-0.39, 0.29) is 0 Å². The quantitative estimate of drug-likeness (QED) is 0.402. The first kappa shape index (κ1) is 19.8. The van der Waals surface area contributed by atoms with E-state index in [1.165, 1.54) is 5.01 Å². The van der Waals surface area contributed by atoms with Crippen molar-refractivity contribution < 1.29 is 14.3 Å². The number of aromatic amines is 1. The fourth-order valence-electron chi connectivity index (χ4n) is 2.79. The monoisotopic (exact) mass is 444 g/mol. The number of aryl methyl sites for hydroxylation is 1. The van der Waals surface area contributed by atoms with E-state index >= 15 is 0 Å². The number of ether oxygens (including phenoxy) is 2. The second-order valence-corrected chi connectivity index (χ2v) is 6.92. The van der Waals surface area contributed by atoms with E-state index < -0.39 is 0 Å². The average Bonchev–Trinajstić information content (AvgIpc) is 3.06. The van der Waals surface area contributed by atoms with Gasteiger partial charge in [0.25, 0.3) is 0 Å². The molecule has 0 aliphatic rings. The standard InChI is InChI=1S/C20H21BrN4O3/c1-13-19(21)20(23-22-13)15-5-4-6-16(10-15)24-25(12-26)11-14-7-8-17(27-2)18(9-14)28-3/h4-10,12,24H,11H2,1-3H3,(H,22,23). The van der Waals surface area contributed by atoms with Gasteiger partial charge in [0.2, 0.25) is 6.41 Å². The molecule has 28 heavy (non-hydrogen) atoms. The highest BCUT2D eigenvalue weighted by Crippen LogP contribution is 2.30. The average molecular weight is 445 g/mol. The molecule has 3 rings (SSSR count). The number of rotatable bonds is 8. The largest absolute Gasteiger partial charge is 0.493 e. The summed E-state index contributed by atoms with van der Waals surface area (Å²) in [5, 5.41) is 8.74. The smallest absolute Gasteiger partial charge is 0.228 e. The van der Waals surface area contributed by atoms with Crippen LogP contribution in [0.15, 0.2) is 46.9 Å². The first-order valence-corrected chi connectivity index (χ1v) is 9.35. The van der Waals surface area contributed by atoms with Gasteiger partial charge in [-0.25, -0.2) is 0 Å². The summed E-state index contributed by atoms with van der Waals surface area (Å²) in [4.78, 5) is 11.6. The van der Waals surface area contributed by atoms with Crippen LogP contribution in [0.2, 0.25) is 0 Å². The lowest BCUT2D eigenvalue weighted by molar-refractivity contribution is -0.117. The predicted octanol–water partition coefficient (Wildman–Crippen LogP) is 4.15. The normalized spacial score (nSPS) is 10.4. The molecule has 8 heteroatoms. The minimum Gasteiger partial charge on any atom is -0.493 e. The Bertz CT molecular complexity index is 974. The van der Waals surface area contributed by atoms with Crippen molar-refractivity contribution in [1.29, 1.82) is 0 Å². The minimum atomic E-state index is 0.360. The van der Waals surface area contributed by atoms with Crippen molar-refractivity contribution in [2.75, 3.05) is 19.6 Å². The zero-order chi connectivity index (χ0) is 20.1. The van der Waals surface area contributed by atoms with E-state index in [2.05, 4.69) is 31.6 Å². The summed E-state index contributed by atoms with van der Waals surface area (Å²) in [5.41, 5.74) is 7.50. The van der Waals surface area contributed by atoms with Crippen LogP contribution in [0.4, 0.5) is 5.69 Å². The van der Waals surface area contributed by atoms with Crippen molar-refractivity contribution >= 4 is 28.0 Å². The van der Waals surface area contributed by atoms with Crippen LogP contribution in [0.1, 0.15) is 11.3 Å². The molecule has 0 saturated heterocycles. The third-order valence-corrected chi connectivity index (χ3v) is 5.18. The Kier molecular flexibility index (Phi) is 6.20. The van der Waals surface area contributed by atoms with Gasteiger partial charge >= 0.3 is 0 Å². The van der Waals surface area contributed by atoms with Gasteiger partial charge < -0.3 is 9.47 Å². The van der Waals surface area contributed by atoms with Gasteiger partial charge in [-0.15, -0.1) is 0 Å². The van der Waals surface area contributed by atoms with E-state index in [0.29, 0.717) is 18.0 Å². The van der Waals surface area contributed by atoms with Gasteiger partial charge in [-0.1, -0.05) is 18.2 Å². The summed E-state index contributed by atoms with van der Waals surface area (Å²) < 4.78 is 11.5. The second-order valence-electron chi connectivity index (χ2n) is 6.13. The van der Waals surface area contributed by atoms with Crippen molar-refractivity contribution in [3.8, 4) is 22.8 Å². The number of hydrazine groups is 1. The van der Waals surface area contributed by atoms with E-state index in [1.54, 1.807) is 14.2 Å². The van der Waals surface area contributed by atoms with Crippen LogP contribution in [0.25, 0.3) is 11.3 Å². The van der Waals surface area contributed by atoms with Crippen LogP contribution >= 0.6 is 15.9 Å². The van der Waals surface area contributed by atoms with Gasteiger partial charge in [-0.2, -0.15) is 5.10 Å². The molecular weight excluding hydrogens is 424 g/mol. The lowest BCUT2D eigenvalue weighted by Crippen LogP contribution is -2.27. The summed E-state index contributed by atoms with van der Waals surface area (Å²) in [6.07, 6.45) is 0.748. The molecule has 0 radical (unpaired) electrons. The number of H-pyrrole nitrogens is 1. The number of methoxy groups -OCH3 is 2. The molecule has 2 N–H and O–H groups in total.